The number of hydrogen-bond donors (Lipinski definition) is 1. The third-order valence-corrected chi connectivity index (χ3v) is 3.53. The van der Waals surface area contributed by atoms with E-state index in [2.05, 4.69) is 5.10 Å². The highest BCUT2D eigenvalue weighted by molar-refractivity contribution is 6.35. The minimum atomic E-state index is -4.44. The Morgan fingerprint density at radius 3 is 2.20 bits per heavy atom. The molecule has 2 aromatic rings. The fourth-order valence-electron chi connectivity index (χ4n) is 2.18. The third-order valence-electron chi connectivity index (χ3n) is 3.53. The molecule has 0 saturated heterocycles. The fourth-order valence-corrected chi connectivity index (χ4v) is 2.18. The number of hydrazine groups is 1. The van der Waals surface area contributed by atoms with Crippen molar-refractivity contribution in [3.63, 3.8) is 0 Å². The second-order valence-electron chi connectivity index (χ2n) is 5.82. The van der Waals surface area contributed by atoms with E-state index in [9.17, 15) is 22.8 Å². The van der Waals surface area contributed by atoms with Gasteiger partial charge in [0.05, 0.1) is 17.0 Å². The zero-order valence-electron chi connectivity index (χ0n) is 13.8. The normalized spacial score (nSPS) is 11.7. The molecule has 1 amide bonds. The summed E-state index contributed by atoms with van der Waals surface area (Å²) in [6.07, 6.45) is -4.44. The number of benzene rings is 1. The van der Waals surface area contributed by atoms with E-state index in [4.69, 9.17) is 5.84 Å². The predicted molar refractivity (Wildman–Crippen MR) is 84.3 cm³/mol. The van der Waals surface area contributed by atoms with Crippen LogP contribution in [0.2, 0.25) is 0 Å². The molecule has 0 aliphatic rings. The van der Waals surface area contributed by atoms with E-state index < -0.39 is 23.6 Å². The smallest absolute Gasteiger partial charge is 0.275 e. The number of likely N-dealkylation sites (N-methyl/N-ethyl adjacent to an activating group) is 1. The molecule has 1 aromatic heterocycles. The maximum atomic E-state index is 12.6. The van der Waals surface area contributed by atoms with E-state index in [1.165, 1.54) is 19.2 Å². The maximum Gasteiger partial charge on any atom is 0.416 e. The van der Waals surface area contributed by atoms with Gasteiger partial charge >= 0.3 is 18.0 Å². The number of halogens is 3. The Balaban J connectivity index is 2.45. The molecule has 1 aromatic carbocycles. The van der Waals surface area contributed by atoms with Crippen LogP contribution in [0, 0.1) is 0 Å². The van der Waals surface area contributed by atoms with Gasteiger partial charge in [0.15, 0.2) is 0 Å². The lowest BCUT2D eigenvalue weighted by Gasteiger charge is -2.11. The summed E-state index contributed by atoms with van der Waals surface area (Å²) in [4.78, 5) is 24.0. The average Bonchev–Trinajstić information content (AvgIpc) is 2.98. The molecule has 0 spiro atoms. The Kier molecular flexibility index (Phi) is 4.98. The Morgan fingerprint density at radius 1 is 1.20 bits per heavy atom. The molecule has 2 N–H and O–H groups in total. The van der Waals surface area contributed by atoms with Gasteiger partial charge in [0.25, 0.3) is 0 Å². The largest absolute Gasteiger partial charge is 0.416 e. The van der Waals surface area contributed by atoms with Gasteiger partial charge in [-0.25, -0.2) is 5.84 Å². The van der Waals surface area contributed by atoms with Crippen LogP contribution >= 0.6 is 0 Å². The second kappa shape index (κ2) is 6.67. The summed E-state index contributed by atoms with van der Waals surface area (Å²) in [5.41, 5.74) is 0.360. The van der Waals surface area contributed by atoms with Gasteiger partial charge in [-0.2, -0.15) is 23.0 Å². The van der Waals surface area contributed by atoms with Crippen molar-refractivity contribution in [2.75, 3.05) is 7.05 Å². The third kappa shape index (κ3) is 3.87. The highest BCUT2D eigenvalue weighted by Crippen LogP contribution is 2.31. The summed E-state index contributed by atoms with van der Waals surface area (Å²) < 4.78 is 38.9. The molecule has 0 fully saturated rings. The number of aromatic nitrogens is 2. The Morgan fingerprint density at radius 2 is 1.76 bits per heavy atom. The van der Waals surface area contributed by atoms with E-state index in [0.29, 0.717) is 22.0 Å². The number of amides is 1. The van der Waals surface area contributed by atoms with Gasteiger partial charge in [0.2, 0.25) is 0 Å². The van der Waals surface area contributed by atoms with Crippen molar-refractivity contribution < 1.29 is 22.8 Å². The van der Waals surface area contributed by atoms with Crippen LogP contribution in [0.25, 0.3) is 11.3 Å². The summed E-state index contributed by atoms with van der Waals surface area (Å²) in [5.74, 6) is 3.26. The van der Waals surface area contributed by atoms with Gasteiger partial charge < -0.3 is 0 Å². The minimum Gasteiger partial charge on any atom is -0.275 e. The Bertz CT molecular complexity index is 793. The molecule has 0 bridgehead atoms. The number of nitrogens with zero attached hydrogens (tertiary/aromatic N) is 3. The Hall–Kier alpha value is -2.68. The van der Waals surface area contributed by atoms with Crippen LogP contribution in [0.1, 0.15) is 35.8 Å². The van der Waals surface area contributed by atoms with Gasteiger partial charge in [-0.15, -0.1) is 0 Å². The van der Waals surface area contributed by atoms with Crippen molar-refractivity contribution in [1.29, 1.82) is 0 Å². The zero-order chi connectivity index (χ0) is 18.9. The molecule has 2 rings (SSSR count). The first-order chi connectivity index (χ1) is 11.5. The van der Waals surface area contributed by atoms with Crippen LogP contribution in [0.15, 0.2) is 30.3 Å². The summed E-state index contributed by atoms with van der Waals surface area (Å²) in [5, 5.41) is 4.72. The molecule has 0 aliphatic heterocycles. The number of carbonyl (C=O) groups excluding carboxylic acids is 2. The molecule has 0 atom stereocenters. The molecular weight excluding hydrogens is 337 g/mol. The summed E-state index contributed by atoms with van der Waals surface area (Å²) in [6, 6.07) is 5.96. The van der Waals surface area contributed by atoms with Gasteiger partial charge in [-0.05, 0) is 24.1 Å². The lowest BCUT2D eigenvalue weighted by atomic mass is 10.1. The molecule has 9 heteroatoms. The highest BCUT2D eigenvalue weighted by atomic mass is 19.4. The first-order valence-electron chi connectivity index (χ1n) is 7.37. The molecule has 0 unspecified atom stereocenters. The highest BCUT2D eigenvalue weighted by Gasteiger charge is 2.30. The van der Waals surface area contributed by atoms with Gasteiger partial charge in [-0.3, -0.25) is 14.6 Å². The minimum absolute atomic E-state index is 0.143. The molecule has 0 radical (unpaired) electrons. The first kappa shape index (κ1) is 18.7. The van der Waals surface area contributed by atoms with E-state index in [0.717, 1.165) is 16.8 Å². The fraction of sp³-hybridized carbons (Fsp3) is 0.312. The van der Waals surface area contributed by atoms with Gasteiger partial charge in [0.1, 0.15) is 0 Å². The van der Waals surface area contributed by atoms with E-state index >= 15 is 0 Å². The lowest BCUT2D eigenvalue weighted by Crippen LogP contribution is -2.41. The molecule has 0 saturated carbocycles. The molecule has 6 nitrogen and oxygen atoms in total. The standard InChI is InChI=1S/C16H17F3N4O2/c1-9(2)13-8-12(21-23(13)15(25)14(24)22(3)20)10-4-6-11(7-5-10)16(17,18)19/h4-9H,20H2,1-3H3. The molecule has 0 aliphatic carbocycles. The zero-order valence-corrected chi connectivity index (χ0v) is 13.8. The van der Waals surface area contributed by atoms with Crippen LogP contribution in [0.4, 0.5) is 13.2 Å². The quantitative estimate of drug-likeness (QED) is 0.389. The van der Waals surface area contributed by atoms with Crippen LogP contribution in [-0.4, -0.2) is 33.7 Å². The van der Waals surface area contributed by atoms with Crippen molar-refractivity contribution in [2.24, 2.45) is 5.84 Å². The molecule has 134 valence electrons. The van der Waals surface area contributed by atoms with Crippen molar-refractivity contribution >= 4 is 11.8 Å². The van der Waals surface area contributed by atoms with Crippen LogP contribution in [0.3, 0.4) is 0 Å². The van der Waals surface area contributed by atoms with Crippen molar-refractivity contribution in [1.82, 2.24) is 14.8 Å². The lowest BCUT2D eigenvalue weighted by molar-refractivity contribution is -0.137. The summed E-state index contributed by atoms with van der Waals surface area (Å²) >= 11 is 0. The maximum absolute atomic E-state index is 12.6. The topological polar surface area (TPSA) is 81.2 Å². The van der Waals surface area contributed by atoms with Crippen molar-refractivity contribution in [3.8, 4) is 11.3 Å². The van der Waals surface area contributed by atoms with E-state index in [1.807, 2.05) is 0 Å². The predicted octanol–water partition coefficient (Wildman–Crippen LogP) is 2.66. The summed E-state index contributed by atoms with van der Waals surface area (Å²) in [7, 11) is 1.23. The molecular formula is C16H17F3N4O2. The number of hydrogen-bond acceptors (Lipinski definition) is 4. The van der Waals surface area contributed by atoms with E-state index in [-0.39, 0.29) is 5.92 Å². The van der Waals surface area contributed by atoms with Crippen molar-refractivity contribution in [3.05, 3.63) is 41.6 Å². The summed E-state index contributed by atoms with van der Waals surface area (Å²) in [6.45, 7) is 3.60. The number of alkyl halides is 3. The average molecular weight is 354 g/mol. The van der Waals surface area contributed by atoms with Crippen molar-refractivity contribution in [2.45, 2.75) is 25.9 Å². The SMILES string of the molecule is CC(C)c1cc(-c2ccc(C(F)(F)F)cc2)nn1C(=O)C(=O)N(C)N. The molecule has 25 heavy (non-hydrogen) atoms. The number of carbonyl (C=O) groups is 2. The monoisotopic (exact) mass is 354 g/mol. The first-order valence-corrected chi connectivity index (χ1v) is 7.37. The van der Waals surface area contributed by atoms with Gasteiger partial charge in [0, 0.05) is 12.6 Å². The Labute approximate surface area is 142 Å². The molecule has 1 heterocycles. The van der Waals surface area contributed by atoms with E-state index in [1.54, 1.807) is 19.9 Å². The van der Waals surface area contributed by atoms with Crippen LogP contribution < -0.4 is 5.84 Å². The van der Waals surface area contributed by atoms with Gasteiger partial charge in [-0.1, -0.05) is 26.0 Å². The second-order valence-corrected chi connectivity index (χ2v) is 5.82. The number of nitrogens with two attached hydrogens (primary N) is 1. The van der Waals surface area contributed by atoms with Crippen LogP contribution in [0.5, 0.6) is 0 Å². The van der Waals surface area contributed by atoms with Crippen LogP contribution in [-0.2, 0) is 11.0 Å². The number of rotatable bonds is 2.